The van der Waals surface area contributed by atoms with Gasteiger partial charge in [-0.05, 0) is 29.3 Å². The second-order valence-corrected chi connectivity index (χ2v) is 8.32. The molecule has 3 aromatic heterocycles. The molecule has 9 nitrogen and oxygen atoms in total. The molecule has 0 saturated carbocycles. The number of aliphatic hydroxyl groups is 1. The van der Waals surface area contributed by atoms with Crippen molar-refractivity contribution < 1.29 is 14.3 Å². The molecule has 5 aromatic rings. The number of pyridine rings is 1. The Morgan fingerprint density at radius 1 is 1.03 bits per heavy atom. The summed E-state index contributed by atoms with van der Waals surface area (Å²) in [6.07, 6.45) is 4.37. The zero-order chi connectivity index (χ0) is 23.9. The molecular formula is C26H20N6O3. The first-order valence-corrected chi connectivity index (χ1v) is 11.1. The van der Waals surface area contributed by atoms with E-state index in [4.69, 9.17) is 10.2 Å². The highest BCUT2D eigenvalue weighted by Gasteiger charge is 2.33. The molecule has 35 heavy (non-hydrogen) atoms. The van der Waals surface area contributed by atoms with Gasteiger partial charge in [0.25, 0.3) is 5.91 Å². The van der Waals surface area contributed by atoms with Crippen LogP contribution in [0.5, 0.6) is 0 Å². The van der Waals surface area contributed by atoms with Crippen molar-refractivity contribution in [3.63, 3.8) is 0 Å². The van der Waals surface area contributed by atoms with Crippen LogP contribution in [-0.4, -0.2) is 37.1 Å². The van der Waals surface area contributed by atoms with Gasteiger partial charge in [-0.15, -0.1) is 0 Å². The molecule has 6 rings (SSSR count). The van der Waals surface area contributed by atoms with E-state index in [2.05, 4.69) is 25.3 Å². The van der Waals surface area contributed by atoms with E-state index in [1.165, 1.54) is 12.5 Å². The first-order chi connectivity index (χ1) is 17.1. The van der Waals surface area contributed by atoms with Gasteiger partial charge in [-0.25, -0.2) is 15.0 Å². The second-order valence-electron chi connectivity index (χ2n) is 8.32. The quantitative estimate of drug-likeness (QED) is 0.368. The molecule has 0 fully saturated rings. The van der Waals surface area contributed by atoms with Crippen molar-refractivity contribution >= 4 is 22.6 Å². The van der Waals surface area contributed by atoms with Gasteiger partial charge in [-0.3, -0.25) is 9.78 Å². The van der Waals surface area contributed by atoms with E-state index >= 15 is 0 Å². The number of nitrogens with two attached hydrogens (primary N) is 1. The molecule has 3 heterocycles. The molecular weight excluding hydrogens is 444 g/mol. The van der Waals surface area contributed by atoms with Crippen LogP contribution in [-0.2, 0) is 6.42 Å². The maximum atomic E-state index is 13.3. The Hall–Kier alpha value is -4.63. The normalized spacial score (nSPS) is 16.8. The molecule has 1 amide bonds. The van der Waals surface area contributed by atoms with E-state index in [1.54, 1.807) is 6.20 Å². The number of carbonyl (C=O) groups is 1. The van der Waals surface area contributed by atoms with Crippen LogP contribution < -0.4 is 11.1 Å². The molecule has 2 aromatic carbocycles. The smallest absolute Gasteiger partial charge is 0.274 e. The van der Waals surface area contributed by atoms with E-state index in [9.17, 15) is 9.90 Å². The summed E-state index contributed by atoms with van der Waals surface area (Å²) in [4.78, 5) is 30.9. The molecule has 0 spiro atoms. The second kappa shape index (κ2) is 8.30. The van der Waals surface area contributed by atoms with Crippen molar-refractivity contribution in [3.05, 3.63) is 90.1 Å². The lowest BCUT2D eigenvalue weighted by Gasteiger charge is -2.18. The first kappa shape index (κ1) is 20.9. The molecule has 0 aliphatic heterocycles. The fourth-order valence-electron chi connectivity index (χ4n) is 4.49. The van der Waals surface area contributed by atoms with Gasteiger partial charge in [0.15, 0.2) is 17.2 Å². The number of nitrogen functional groups attached to an aromatic ring is 1. The van der Waals surface area contributed by atoms with Crippen molar-refractivity contribution in [1.82, 2.24) is 25.3 Å². The number of anilines is 1. The Morgan fingerprint density at radius 3 is 2.77 bits per heavy atom. The van der Waals surface area contributed by atoms with Crippen LogP contribution in [0.3, 0.4) is 0 Å². The molecule has 0 radical (unpaired) electrons. The summed E-state index contributed by atoms with van der Waals surface area (Å²) in [6, 6.07) is 16.5. The first-order valence-electron chi connectivity index (χ1n) is 11.1. The number of rotatable bonds is 4. The predicted molar refractivity (Wildman–Crippen MR) is 129 cm³/mol. The number of aromatic nitrogens is 4. The number of benzene rings is 2. The molecule has 0 bridgehead atoms. The van der Waals surface area contributed by atoms with Crippen LogP contribution in [0, 0.1) is 0 Å². The standard InChI is InChI=1S/C26H20N6O3/c27-24-23(25(34)32-21-17-6-2-1-4-14(17)13-19(21)33)30-20(22(31-24)26-29-10-11-35-26)16-7-8-18-15(12-16)5-3-9-28-18/h1-12,19,21,33H,13H2,(H2,27,31)(H,32,34)/t19-,21-/m0/s1. The van der Waals surface area contributed by atoms with Crippen molar-refractivity contribution in [2.75, 3.05) is 5.73 Å². The number of carbonyl (C=O) groups excluding carboxylic acids is 1. The fourth-order valence-corrected chi connectivity index (χ4v) is 4.49. The van der Waals surface area contributed by atoms with Crippen molar-refractivity contribution in [2.45, 2.75) is 18.6 Å². The maximum absolute atomic E-state index is 13.3. The van der Waals surface area contributed by atoms with Gasteiger partial charge >= 0.3 is 0 Å². The summed E-state index contributed by atoms with van der Waals surface area (Å²) < 4.78 is 5.47. The van der Waals surface area contributed by atoms with Gasteiger partial charge in [0.2, 0.25) is 5.89 Å². The summed E-state index contributed by atoms with van der Waals surface area (Å²) in [5, 5.41) is 14.4. The number of hydrogen-bond acceptors (Lipinski definition) is 8. The number of aliphatic hydroxyl groups excluding tert-OH is 1. The zero-order valence-electron chi connectivity index (χ0n) is 18.4. The third-order valence-electron chi connectivity index (χ3n) is 6.14. The van der Waals surface area contributed by atoms with Crippen LogP contribution in [0.25, 0.3) is 33.7 Å². The molecule has 0 saturated heterocycles. The van der Waals surface area contributed by atoms with Crippen molar-refractivity contribution in [2.24, 2.45) is 0 Å². The lowest BCUT2D eigenvalue weighted by atomic mass is 10.1. The summed E-state index contributed by atoms with van der Waals surface area (Å²) in [7, 11) is 0. The van der Waals surface area contributed by atoms with Gasteiger partial charge < -0.3 is 20.6 Å². The molecule has 0 unspecified atom stereocenters. The van der Waals surface area contributed by atoms with E-state index in [0.717, 1.165) is 22.0 Å². The number of amides is 1. The summed E-state index contributed by atoms with van der Waals surface area (Å²) in [6.45, 7) is 0. The highest BCUT2D eigenvalue weighted by Crippen LogP contribution is 2.34. The predicted octanol–water partition coefficient (Wildman–Crippen LogP) is 3.32. The third kappa shape index (κ3) is 3.68. The largest absolute Gasteiger partial charge is 0.443 e. The summed E-state index contributed by atoms with van der Waals surface area (Å²) in [5.74, 6) is -0.362. The van der Waals surface area contributed by atoms with Crippen LogP contribution >= 0.6 is 0 Å². The minimum absolute atomic E-state index is 0.0434. The van der Waals surface area contributed by atoms with Crippen molar-refractivity contribution in [3.8, 4) is 22.8 Å². The molecule has 1 aliphatic rings. The van der Waals surface area contributed by atoms with Crippen LogP contribution in [0.15, 0.2) is 77.7 Å². The Bertz CT molecular complexity index is 1570. The van der Waals surface area contributed by atoms with Gasteiger partial charge in [-0.1, -0.05) is 36.4 Å². The third-order valence-corrected chi connectivity index (χ3v) is 6.14. The van der Waals surface area contributed by atoms with Gasteiger partial charge in [0.1, 0.15) is 12.0 Å². The maximum Gasteiger partial charge on any atom is 0.274 e. The minimum Gasteiger partial charge on any atom is -0.443 e. The van der Waals surface area contributed by atoms with Crippen LogP contribution in [0.1, 0.15) is 27.7 Å². The number of fused-ring (bicyclic) bond motifs is 2. The average molecular weight is 464 g/mol. The number of nitrogens with zero attached hydrogens (tertiary/aromatic N) is 4. The Labute approximate surface area is 199 Å². The van der Waals surface area contributed by atoms with E-state index in [-0.39, 0.29) is 17.4 Å². The Morgan fingerprint density at radius 2 is 1.91 bits per heavy atom. The van der Waals surface area contributed by atoms with E-state index in [1.807, 2.05) is 54.6 Å². The summed E-state index contributed by atoms with van der Waals surface area (Å²) >= 11 is 0. The highest BCUT2D eigenvalue weighted by molar-refractivity contribution is 5.98. The highest BCUT2D eigenvalue weighted by atomic mass is 16.3. The number of hydrogen-bond donors (Lipinski definition) is 3. The molecule has 172 valence electrons. The molecule has 9 heteroatoms. The number of oxazole rings is 1. The lowest BCUT2D eigenvalue weighted by molar-refractivity contribution is 0.0854. The lowest BCUT2D eigenvalue weighted by Crippen LogP contribution is -2.35. The number of nitrogens with one attached hydrogen (secondary N) is 1. The fraction of sp³-hybridized carbons (Fsp3) is 0.115. The van der Waals surface area contributed by atoms with E-state index in [0.29, 0.717) is 23.4 Å². The minimum atomic E-state index is -0.746. The zero-order valence-corrected chi connectivity index (χ0v) is 18.4. The van der Waals surface area contributed by atoms with Crippen LogP contribution in [0.2, 0.25) is 0 Å². The van der Waals surface area contributed by atoms with Crippen LogP contribution in [0.4, 0.5) is 5.82 Å². The molecule has 1 aliphatic carbocycles. The SMILES string of the molecule is Nc1nc(-c2ncco2)c(-c2ccc3ncccc3c2)nc1C(=O)N[C@H]1c2ccccc2C[C@@H]1O. The van der Waals surface area contributed by atoms with Gasteiger partial charge in [0.05, 0.1) is 23.9 Å². The molecule has 4 N–H and O–H groups in total. The Balaban J connectivity index is 1.44. The van der Waals surface area contributed by atoms with Gasteiger partial charge in [0, 0.05) is 23.6 Å². The van der Waals surface area contributed by atoms with Gasteiger partial charge in [-0.2, -0.15) is 0 Å². The Kier molecular flexibility index (Phi) is 4.97. The van der Waals surface area contributed by atoms with E-state index < -0.39 is 18.1 Å². The topological polar surface area (TPSA) is 140 Å². The van der Waals surface area contributed by atoms with Crippen molar-refractivity contribution in [1.29, 1.82) is 0 Å². The monoisotopic (exact) mass is 464 g/mol. The summed E-state index contributed by atoms with van der Waals surface area (Å²) in [5.41, 5.74) is 10.3. The average Bonchev–Trinajstić information content (AvgIpc) is 3.52. The molecule has 2 atom stereocenters.